The lowest BCUT2D eigenvalue weighted by atomic mass is 9.90. The van der Waals surface area contributed by atoms with Gasteiger partial charge in [0, 0.05) is 52.4 Å². The number of carbonyl (C=O) groups is 2. The van der Waals surface area contributed by atoms with Gasteiger partial charge in [-0.2, -0.15) is 0 Å². The van der Waals surface area contributed by atoms with Crippen LogP contribution >= 0.6 is 22.9 Å². The van der Waals surface area contributed by atoms with Gasteiger partial charge in [-0.1, -0.05) is 24.4 Å². The van der Waals surface area contributed by atoms with E-state index in [0.29, 0.717) is 15.7 Å². The number of halogens is 1. The zero-order chi connectivity index (χ0) is 22.2. The number of amides is 2. The molecule has 2 atom stereocenters. The molecule has 0 saturated heterocycles. The van der Waals surface area contributed by atoms with Crippen molar-refractivity contribution < 1.29 is 9.59 Å². The van der Waals surface area contributed by atoms with E-state index in [1.165, 1.54) is 16.2 Å². The van der Waals surface area contributed by atoms with Crippen LogP contribution < -0.4 is 10.6 Å². The number of benzene rings is 1. The fourth-order valence-electron chi connectivity index (χ4n) is 4.60. The summed E-state index contributed by atoms with van der Waals surface area (Å²) in [7, 11) is 2.08. The van der Waals surface area contributed by atoms with Crippen LogP contribution in [0, 0.1) is 0 Å². The van der Waals surface area contributed by atoms with Crippen LogP contribution in [-0.2, 0) is 13.0 Å². The van der Waals surface area contributed by atoms with Gasteiger partial charge in [0.1, 0.15) is 5.69 Å². The summed E-state index contributed by atoms with van der Waals surface area (Å²) < 4.78 is 0. The normalized spacial score (nSPS) is 21.3. The number of fused-ring (bicyclic) bond motifs is 2. The molecule has 0 radical (unpaired) electrons. The Morgan fingerprint density at radius 1 is 1.16 bits per heavy atom. The molecule has 2 aromatic heterocycles. The van der Waals surface area contributed by atoms with Gasteiger partial charge in [-0.3, -0.25) is 9.59 Å². The first kappa shape index (κ1) is 21.4. The molecule has 1 aromatic carbocycles. The van der Waals surface area contributed by atoms with Crippen LogP contribution in [0.25, 0.3) is 10.9 Å². The monoisotopic (exact) mass is 471 g/mol. The van der Waals surface area contributed by atoms with Crippen molar-refractivity contribution in [3.8, 4) is 0 Å². The van der Waals surface area contributed by atoms with Gasteiger partial charge in [0.2, 0.25) is 0 Å². The summed E-state index contributed by atoms with van der Waals surface area (Å²) in [6, 6.07) is 7.08. The smallest absolute Gasteiger partial charge is 0.280 e. The van der Waals surface area contributed by atoms with Crippen LogP contribution in [0.4, 0.5) is 0 Å². The number of hydrogen-bond acceptors (Lipinski definition) is 5. The quantitative estimate of drug-likeness (QED) is 0.540. The average molecular weight is 472 g/mol. The topological polar surface area (TPSA) is 90.1 Å². The fourth-order valence-corrected chi connectivity index (χ4v) is 5.87. The molecule has 3 aromatic rings. The second-order valence-electron chi connectivity index (χ2n) is 8.74. The molecule has 1 saturated carbocycles. The highest BCUT2D eigenvalue weighted by Gasteiger charge is 2.30. The van der Waals surface area contributed by atoms with Crippen molar-refractivity contribution in [3.05, 3.63) is 50.6 Å². The number of thiazole rings is 1. The molecule has 2 aliphatic rings. The predicted octanol–water partition coefficient (Wildman–Crippen LogP) is 3.74. The number of H-pyrrole nitrogens is 1. The molecule has 0 bridgehead atoms. The number of carbonyl (C=O) groups excluding carboxylic acids is 2. The summed E-state index contributed by atoms with van der Waals surface area (Å²) in [5.74, 6) is -0.310. The standard InChI is InChI=1S/C23H26ClN5O2S/c1-29-9-8-18-20(12-29)32-23(28-18)22(31)27-17-5-3-2-4-16(17)26-21(30)19-11-13-10-14(24)6-7-15(13)25-19/h6-7,10-11,16-17,25H,2-5,8-9,12H2,1H3,(H,26,30)(H,27,31)/t16-,17?/m0/s1. The number of aromatic amines is 1. The van der Waals surface area contributed by atoms with E-state index in [9.17, 15) is 9.59 Å². The summed E-state index contributed by atoms with van der Waals surface area (Å²) in [5.41, 5.74) is 2.41. The van der Waals surface area contributed by atoms with Crippen LogP contribution in [-0.4, -0.2) is 52.4 Å². The summed E-state index contributed by atoms with van der Waals surface area (Å²) in [4.78, 5) is 37.1. The maximum absolute atomic E-state index is 13.0. The lowest BCUT2D eigenvalue weighted by molar-refractivity contribution is 0.0860. The SMILES string of the molecule is CN1CCc2nc(C(=O)NC3CCCC[C@@H]3NC(=O)c3cc4cc(Cl)ccc4[nH]3)sc2C1. The van der Waals surface area contributed by atoms with Crippen LogP contribution in [0.2, 0.25) is 5.02 Å². The minimum Gasteiger partial charge on any atom is -0.351 e. The zero-order valence-corrected chi connectivity index (χ0v) is 19.5. The number of aromatic nitrogens is 2. The van der Waals surface area contributed by atoms with Crippen molar-refractivity contribution in [1.29, 1.82) is 0 Å². The van der Waals surface area contributed by atoms with Gasteiger partial charge in [-0.25, -0.2) is 4.98 Å². The largest absolute Gasteiger partial charge is 0.351 e. The van der Waals surface area contributed by atoms with E-state index in [2.05, 4.69) is 32.5 Å². The fraction of sp³-hybridized carbons (Fsp3) is 0.435. The van der Waals surface area contributed by atoms with Crippen LogP contribution in [0.1, 0.15) is 56.5 Å². The highest BCUT2D eigenvalue weighted by atomic mass is 35.5. The second kappa shape index (κ2) is 8.84. The summed E-state index contributed by atoms with van der Waals surface area (Å²) >= 11 is 7.54. The third kappa shape index (κ3) is 4.40. The second-order valence-corrected chi connectivity index (χ2v) is 10.3. The highest BCUT2D eigenvalue weighted by Crippen LogP contribution is 2.26. The molecule has 1 aliphatic carbocycles. The van der Waals surface area contributed by atoms with Gasteiger partial charge in [0.25, 0.3) is 11.8 Å². The molecule has 1 fully saturated rings. The zero-order valence-electron chi connectivity index (χ0n) is 17.9. The first-order valence-electron chi connectivity index (χ1n) is 11.0. The molecule has 32 heavy (non-hydrogen) atoms. The molecular weight excluding hydrogens is 446 g/mol. The Morgan fingerprint density at radius 2 is 1.91 bits per heavy atom. The summed E-state index contributed by atoms with van der Waals surface area (Å²) in [5, 5.41) is 8.33. The highest BCUT2D eigenvalue weighted by molar-refractivity contribution is 7.13. The van der Waals surface area contributed by atoms with Crippen LogP contribution in [0.15, 0.2) is 24.3 Å². The number of hydrogen-bond donors (Lipinski definition) is 3. The third-order valence-electron chi connectivity index (χ3n) is 6.34. The van der Waals surface area contributed by atoms with E-state index in [-0.39, 0.29) is 23.9 Å². The van der Waals surface area contributed by atoms with Crippen molar-refractivity contribution in [2.24, 2.45) is 0 Å². The predicted molar refractivity (Wildman–Crippen MR) is 126 cm³/mol. The lowest BCUT2D eigenvalue weighted by Gasteiger charge is -2.32. The molecule has 1 unspecified atom stereocenters. The van der Waals surface area contributed by atoms with Gasteiger partial charge in [-0.05, 0) is 44.2 Å². The Morgan fingerprint density at radius 3 is 2.69 bits per heavy atom. The van der Waals surface area contributed by atoms with E-state index in [1.54, 1.807) is 6.07 Å². The van der Waals surface area contributed by atoms with Gasteiger partial charge in [0.15, 0.2) is 5.01 Å². The molecule has 3 heterocycles. The van der Waals surface area contributed by atoms with E-state index in [0.717, 1.165) is 61.8 Å². The first-order chi connectivity index (χ1) is 15.5. The maximum Gasteiger partial charge on any atom is 0.280 e. The van der Waals surface area contributed by atoms with Crippen LogP contribution in [0.5, 0.6) is 0 Å². The van der Waals surface area contributed by atoms with E-state index >= 15 is 0 Å². The summed E-state index contributed by atoms with van der Waals surface area (Å²) in [6.45, 7) is 1.81. The molecule has 2 amide bonds. The molecule has 7 nitrogen and oxygen atoms in total. The maximum atomic E-state index is 13.0. The van der Waals surface area contributed by atoms with Gasteiger partial charge in [-0.15, -0.1) is 11.3 Å². The number of likely N-dealkylation sites (N-methyl/N-ethyl adjacent to an activating group) is 1. The van der Waals surface area contributed by atoms with Crippen molar-refractivity contribution in [1.82, 2.24) is 25.5 Å². The molecular formula is C23H26ClN5O2S. The number of rotatable bonds is 4. The third-order valence-corrected chi connectivity index (χ3v) is 7.66. The number of nitrogens with one attached hydrogen (secondary N) is 3. The van der Waals surface area contributed by atoms with E-state index in [4.69, 9.17) is 11.6 Å². The average Bonchev–Trinajstić information content (AvgIpc) is 3.38. The van der Waals surface area contributed by atoms with Gasteiger partial charge < -0.3 is 20.5 Å². The van der Waals surface area contributed by atoms with Crippen molar-refractivity contribution >= 4 is 45.7 Å². The molecule has 9 heteroatoms. The Hall–Kier alpha value is -2.42. The molecule has 3 N–H and O–H groups in total. The van der Waals surface area contributed by atoms with E-state index < -0.39 is 0 Å². The Balaban J connectivity index is 1.27. The minimum absolute atomic E-state index is 0.109. The Bertz CT molecular complexity index is 1170. The van der Waals surface area contributed by atoms with Crippen molar-refractivity contribution in [3.63, 3.8) is 0 Å². The minimum atomic E-state index is -0.170. The number of nitrogens with zero attached hydrogens (tertiary/aromatic N) is 2. The van der Waals surface area contributed by atoms with Crippen molar-refractivity contribution in [2.45, 2.75) is 50.7 Å². The Kier molecular flexibility index (Phi) is 5.92. The molecule has 168 valence electrons. The van der Waals surface area contributed by atoms with Crippen molar-refractivity contribution in [2.75, 3.05) is 13.6 Å². The lowest BCUT2D eigenvalue weighted by Crippen LogP contribution is -2.53. The summed E-state index contributed by atoms with van der Waals surface area (Å²) in [6.07, 6.45) is 4.61. The molecule has 1 aliphatic heterocycles. The van der Waals surface area contributed by atoms with E-state index in [1.807, 2.05) is 18.2 Å². The first-order valence-corrected chi connectivity index (χ1v) is 12.2. The van der Waals surface area contributed by atoms with Crippen LogP contribution in [0.3, 0.4) is 0 Å². The van der Waals surface area contributed by atoms with Gasteiger partial charge in [0.05, 0.1) is 5.69 Å². The van der Waals surface area contributed by atoms with Gasteiger partial charge >= 0.3 is 0 Å². The Labute approximate surface area is 195 Å². The molecule has 0 spiro atoms. The molecule has 5 rings (SSSR count).